The van der Waals surface area contributed by atoms with Gasteiger partial charge in [0.25, 0.3) is 0 Å². The second-order valence-electron chi connectivity index (χ2n) is 2.69. The summed E-state index contributed by atoms with van der Waals surface area (Å²) in [6, 6.07) is 3.77. The Labute approximate surface area is 83.9 Å². The molecule has 0 aliphatic heterocycles. The zero-order valence-electron chi connectivity index (χ0n) is 6.92. The van der Waals surface area contributed by atoms with E-state index in [-0.39, 0.29) is 22.3 Å². The molecule has 0 radical (unpaired) electrons. The molecule has 1 N–H and O–H groups in total. The first-order chi connectivity index (χ1) is 6.38. The summed E-state index contributed by atoms with van der Waals surface area (Å²) in [5.41, 5.74) is 0.226. The largest absolute Gasteiger partial charge is 0.508 e. The van der Waals surface area contributed by atoms with Crippen LogP contribution in [0.5, 0.6) is 5.75 Å². The minimum absolute atomic E-state index is 0.0790. The zero-order valence-corrected chi connectivity index (χ0v) is 7.68. The van der Waals surface area contributed by atoms with E-state index in [4.69, 9.17) is 16.7 Å². The minimum atomic E-state index is -4.95. The lowest BCUT2D eigenvalue weighted by molar-refractivity contribution is 0.475. The van der Waals surface area contributed by atoms with E-state index in [1.54, 1.807) is 0 Å². The van der Waals surface area contributed by atoms with Crippen molar-refractivity contribution in [2.45, 2.75) is 0 Å². The summed E-state index contributed by atoms with van der Waals surface area (Å²) in [4.78, 5) is 0. The van der Waals surface area contributed by atoms with Crippen LogP contribution in [0.25, 0.3) is 6.08 Å². The molecule has 1 aromatic rings. The van der Waals surface area contributed by atoms with Crippen LogP contribution in [0, 0.1) is 0 Å². The predicted octanol–water partition coefficient (Wildman–Crippen LogP) is 3.45. The van der Waals surface area contributed by atoms with Crippen LogP contribution < -0.4 is 0 Å². The van der Waals surface area contributed by atoms with E-state index in [2.05, 4.69) is 0 Å². The van der Waals surface area contributed by atoms with Crippen molar-refractivity contribution in [3.05, 3.63) is 34.8 Å². The number of phenols is 1. The number of hydrogen-bond acceptors (Lipinski definition) is 1. The fourth-order valence-electron chi connectivity index (χ4n) is 0.864. The van der Waals surface area contributed by atoms with Gasteiger partial charge in [0.05, 0.1) is 5.02 Å². The maximum absolute atomic E-state index is 11.8. The standard InChI is InChI=1S/C8H6BClF3O/c10-8-5-7(14)2-1-6(8)3-4-9(11,12)13/h1-5,14H/q-1/b4-3+. The monoisotopic (exact) mass is 221 g/mol. The summed E-state index contributed by atoms with van der Waals surface area (Å²) in [6.45, 7) is -4.95. The molecule has 1 nitrogen and oxygen atoms in total. The van der Waals surface area contributed by atoms with Crippen molar-refractivity contribution in [3.63, 3.8) is 0 Å². The van der Waals surface area contributed by atoms with Crippen LogP contribution in [0.4, 0.5) is 12.9 Å². The van der Waals surface area contributed by atoms with Crippen molar-refractivity contribution in [3.8, 4) is 5.75 Å². The van der Waals surface area contributed by atoms with Crippen LogP contribution in [-0.4, -0.2) is 12.1 Å². The quantitative estimate of drug-likeness (QED) is 0.758. The summed E-state index contributed by atoms with van der Waals surface area (Å²) in [5, 5.41) is 9.02. The van der Waals surface area contributed by atoms with E-state index in [9.17, 15) is 12.9 Å². The molecule has 1 aromatic carbocycles. The lowest BCUT2D eigenvalue weighted by atomic mass is 9.90. The molecule has 0 unspecified atom stereocenters. The first kappa shape index (κ1) is 11.0. The normalized spacial score (nSPS) is 12.3. The fraction of sp³-hybridized carbons (Fsp3) is 0. The highest BCUT2D eigenvalue weighted by Gasteiger charge is 2.17. The Morgan fingerprint density at radius 3 is 2.43 bits per heavy atom. The first-order valence-corrected chi connectivity index (χ1v) is 4.14. The Kier molecular flexibility index (Phi) is 3.11. The van der Waals surface area contributed by atoms with Gasteiger partial charge in [0.2, 0.25) is 0 Å². The van der Waals surface area contributed by atoms with Crippen LogP contribution in [-0.2, 0) is 0 Å². The number of phenolic OH excluding ortho intramolecular Hbond substituents is 1. The summed E-state index contributed by atoms with van der Waals surface area (Å²) in [5.74, 6) is 0.0720. The molecule has 0 aliphatic carbocycles. The zero-order chi connectivity index (χ0) is 10.8. The maximum atomic E-state index is 11.8. The molecule has 0 aromatic heterocycles. The highest BCUT2D eigenvalue weighted by molar-refractivity contribution is 6.65. The van der Waals surface area contributed by atoms with Crippen LogP contribution in [0.15, 0.2) is 24.2 Å². The third kappa shape index (κ3) is 3.34. The van der Waals surface area contributed by atoms with E-state index in [0.717, 1.165) is 6.08 Å². The molecule has 0 saturated carbocycles. The second-order valence-corrected chi connectivity index (χ2v) is 3.10. The molecule has 0 amide bonds. The number of aromatic hydroxyl groups is 1. The summed E-state index contributed by atoms with van der Waals surface area (Å²) < 4.78 is 35.5. The Balaban J connectivity index is 2.93. The molecule has 0 saturated heterocycles. The average Bonchev–Trinajstić information content (AvgIpc) is 2.00. The van der Waals surface area contributed by atoms with Gasteiger partial charge in [-0.1, -0.05) is 17.7 Å². The van der Waals surface area contributed by atoms with Crippen molar-refractivity contribution in [1.29, 1.82) is 0 Å². The Morgan fingerprint density at radius 2 is 1.93 bits per heavy atom. The Hall–Kier alpha value is -1.10. The van der Waals surface area contributed by atoms with E-state index in [1.807, 2.05) is 0 Å². The average molecular weight is 221 g/mol. The van der Waals surface area contributed by atoms with Crippen LogP contribution in [0.2, 0.25) is 5.02 Å². The second kappa shape index (κ2) is 3.96. The van der Waals surface area contributed by atoms with Gasteiger partial charge >= 0.3 is 6.98 Å². The Morgan fingerprint density at radius 1 is 1.29 bits per heavy atom. The molecular formula is C8H6BClF3O-. The number of benzene rings is 1. The Bertz CT molecular complexity index is 362. The first-order valence-electron chi connectivity index (χ1n) is 3.76. The third-order valence-electron chi connectivity index (χ3n) is 1.48. The van der Waals surface area contributed by atoms with Gasteiger partial charge in [-0.05, 0) is 23.8 Å². The van der Waals surface area contributed by atoms with E-state index in [1.165, 1.54) is 18.2 Å². The molecular weight excluding hydrogens is 215 g/mol. The SMILES string of the molecule is Oc1ccc(/C=C/[B-](F)(F)F)c(Cl)c1. The van der Waals surface area contributed by atoms with E-state index < -0.39 is 6.98 Å². The van der Waals surface area contributed by atoms with Gasteiger partial charge in [-0.15, -0.1) is 5.98 Å². The molecule has 0 aliphatic rings. The van der Waals surface area contributed by atoms with Crippen molar-refractivity contribution in [1.82, 2.24) is 0 Å². The van der Waals surface area contributed by atoms with Gasteiger partial charge in [-0.3, -0.25) is 0 Å². The number of hydrogen-bond donors (Lipinski definition) is 1. The van der Waals surface area contributed by atoms with Gasteiger partial charge in [-0.25, -0.2) is 0 Å². The maximum Gasteiger partial charge on any atom is 0.502 e. The van der Waals surface area contributed by atoms with E-state index in [0.29, 0.717) is 0 Å². The highest BCUT2D eigenvalue weighted by atomic mass is 35.5. The fourth-order valence-corrected chi connectivity index (χ4v) is 1.10. The van der Waals surface area contributed by atoms with Crippen molar-refractivity contribution >= 4 is 24.7 Å². The number of rotatable bonds is 2. The van der Waals surface area contributed by atoms with Crippen molar-refractivity contribution in [2.75, 3.05) is 0 Å². The lowest BCUT2D eigenvalue weighted by Gasteiger charge is -2.06. The van der Waals surface area contributed by atoms with Gasteiger partial charge in [-0.2, -0.15) is 0 Å². The molecule has 0 spiro atoms. The van der Waals surface area contributed by atoms with Crippen LogP contribution in [0.1, 0.15) is 5.56 Å². The lowest BCUT2D eigenvalue weighted by Crippen LogP contribution is -2.09. The molecule has 1 rings (SSSR count). The molecule has 0 bridgehead atoms. The molecule has 6 heteroatoms. The molecule has 14 heavy (non-hydrogen) atoms. The summed E-state index contributed by atoms with van der Waals surface area (Å²) >= 11 is 5.59. The van der Waals surface area contributed by atoms with Crippen LogP contribution in [0.3, 0.4) is 0 Å². The molecule has 0 atom stereocenters. The van der Waals surface area contributed by atoms with Gasteiger partial charge in [0.1, 0.15) is 5.75 Å². The topological polar surface area (TPSA) is 20.2 Å². The summed E-state index contributed by atoms with van der Waals surface area (Å²) in [6.07, 6.45) is 0.877. The van der Waals surface area contributed by atoms with Crippen LogP contribution >= 0.6 is 11.6 Å². The minimum Gasteiger partial charge on any atom is -0.508 e. The number of halogens is 4. The smallest absolute Gasteiger partial charge is 0.502 e. The predicted molar refractivity (Wildman–Crippen MR) is 51.2 cm³/mol. The highest BCUT2D eigenvalue weighted by Crippen LogP contribution is 2.23. The van der Waals surface area contributed by atoms with Gasteiger partial charge in [0, 0.05) is 0 Å². The summed E-state index contributed by atoms with van der Waals surface area (Å²) in [7, 11) is 0. The van der Waals surface area contributed by atoms with Crippen molar-refractivity contribution < 1.29 is 18.1 Å². The third-order valence-corrected chi connectivity index (χ3v) is 1.81. The molecule has 0 heterocycles. The van der Waals surface area contributed by atoms with Crippen molar-refractivity contribution in [2.24, 2.45) is 0 Å². The molecule has 0 fully saturated rings. The molecule has 76 valence electrons. The van der Waals surface area contributed by atoms with E-state index >= 15 is 0 Å². The van der Waals surface area contributed by atoms with Gasteiger partial charge < -0.3 is 18.1 Å². The van der Waals surface area contributed by atoms with Gasteiger partial charge in [0.15, 0.2) is 0 Å².